The molecule has 0 bridgehead atoms. The van der Waals surface area contributed by atoms with Crippen LogP contribution in [0.1, 0.15) is 42.5 Å². The second kappa shape index (κ2) is 8.69. The first-order valence-corrected chi connectivity index (χ1v) is 12.5. The molecule has 6 rings (SSSR count). The van der Waals surface area contributed by atoms with Crippen molar-refractivity contribution >= 4 is 11.8 Å². The molecule has 8 nitrogen and oxygen atoms in total. The van der Waals surface area contributed by atoms with Crippen molar-refractivity contribution in [3.8, 4) is 11.3 Å². The van der Waals surface area contributed by atoms with Crippen LogP contribution in [-0.2, 0) is 28.6 Å². The van der Waals surface area contributed by atoms with Gasteiger partial charge in [-0.1, -0.05) is 12.1 Å². The van der Waals surface area contributed by atoms with Gasteiger partial charge in [0.1, 0.15) is 17.2 Å². The number of carbonyl (C=O) groups is 1. The van der Waals surface area contributed by atoms with Crippen LogP contribution >= 0.6 is 0 Å². The molecule has 3 aromatic rings. The van der Waals surface area contributed by atoms with Gasteiger partial charge in [-0.05, 0) is 49.1 Å². The molecule has 0 radical (unpaired) electrons. The number of benzene rings is 1. The number of fused-ring (bicyclic) bond motifs is 2. The maximum Gasteiger partial charge on any atom is 0.419 e. The van der Waals surface area contributed by atoms with Crippen molar-refractivity contribution in [2.45, 2.75) is 49.5 Å². The zero-order chi connectivity index (χ0) is 26.7. The monoisotopic (exact) mass is 530 g/mol. The first-order valence-electron chi connectivity index (χ1n) is 12.5. The summed E-state index contributed by atoms with van der Waals surface area (Å²) in [5, 5.41) is 7.66. The number of likely N-dealkylation sites (tertiary alicyclic amines) is 1. The number of rotatable bonds is 3. The summed E-state index contributed by atoms with van der Waals surface area (Å²) in [6.45, 7) is 1.47. The van der Waals surface area contributed by atoms with Gasteiger partial charge in [0, 0.05) is 24.7 Å². The number of nitrogen functional groups attached to an aromatic ring is 1. The van der Waals surface area contributed by atoms with E-state index in [0.717, 1.165) is 30.9 Å². The minimum atomic E-state index is -4.64. The average Bonchev–Trinajstić information content (AvgIpc) is 3.47. The molecule has 12 heteroatoms. The largest absolute Gasteiger partial charge is 0.419 e. The fraction of sp³-hybridized carbons (Fsp3) is 0.423. The summed E-state index contributed by atoms with van der Waals surface area (Å²) in [7, 11) is 0. The van der Waals surface area contributed by atoms with Crippen LogP contribution in [-0.4, -0.2) is 45.4 Å². The molecule has 1 saturated heterocycles. The summed E-state index contributed by atoms with van der Waals surface area (Å²) in [6.07, 6.45) is -0.481. The summed E-state index contributed by atoms with van der Waals surface area (Å²) in [5.41, 5.74) is 4.97. The van der Waals surface area contributed by atoms with Crippen LogP contribution in [0.3, 0.4) is 0 Å². The van der Waals surface area contributed by atoms with Crippen LogP contribution in [0.4, 0.5) is 28.2 Å². The number of anilines is 1. The van der Waals surface area contributed by atoms with Gasteiger partial charge < -0.3 is 20.7 Å². The standard InChI is InChI=1S/C26H26F4N6O2/c27-18-4-1-3-17(12-18)24(5-2-6-24)33-23(37)35-8-7-25(15-35)21-13-20(34-36(21)9-10-38-25)16-11-19(26(28,29)30)22(31)32-14-16/h1,3-4,11-14H,2,5-10,15H2,(H2,31,32)(H,33,37)/t25-/m1/s1. The second-order valence-electron chi connectivity index (χ2n) is 10.2. The van der Waals surface area contributed by atoms with Gasteiger partial charge in [0.05, 0.1) is 42.2 Å². The Morgan fingerprint density at radius 1 is 1.13 bits per heavy atom. The number of halogens is 4. The van der Waals surface area contributed by atoms with Crippen molar-refractivity contribution in [3.63, 3.8) is 0 Å². The Labute approximate surface area is 215 Å². The highest BCUT2D eigenvalue weighted by molar-refractivity contribution is 5.76. The molecule has 38 heavy (non-hydrogen) atoms. The van der Waals surface area contributed by atoms with E-state index in [-0.39, 0.29) is 24.0 Å². The molecule has 2 amide bonds. The Morgan fingerprint density at radius 2 is 1.95 bits per heavy atom. The molecule has 2 fully saturated rings. The molecule has 3 N–H and O–H groups in total. The Balaban J connectivity index is 1.24. The lowest BCUT2D eigenvalue weighted by atomic mass is 9.72. The third kappa shape index (κ3) is 4.07. The lowest BCUT2D eigenvalue weighted by Gasteiger charge is -2.44. The van der Waals surface area contributed by atoms with Crippen molar-refractivity contribution in [2.24, 2.45) is 0 Å². The highest BCUT2D eigenvalue weighted by Crippen LogP contribution is 2.44. The highest BCUT2D eigenvalue weighted by Gasteiger charge is 2.49. The highest BCUT2D eigenvalue weighted by atomic mass is 19.4. The fourth-order valence-corrected chi connectivity index (χ4v) is 5.71. The molecular formula is C26H26F4N6O2. The molecule has 2 aromatic heterocycles. The van der Waals surface area contributed by atoms with Crippen LogP contribution in [0.15, 0.2) is 42.6 Å². The molecule has 1 spiro atoms. The number of carbonyl (C=O) groups excluding carboxylic acids is 1. The molecule has 1 saturated carbocycles. The van der Waals surface area contributed by atoms with Crippen LogP contribution in [0, 0.1) is 5.82 Å². The minimum absolute atomic E-state index is 0.193. The predicted octanol–water partition coefficient (Wildman–Crippen LogP) is 4.41. The molecule has 1 atom stereocenters. The number of amides is 2. The van der Waals surface area contributed by atoms with E-state index in [9.17, 15) is 22.4 Å². The second-order valence-corrected chi connectivity index (χ2v) is 10.2. The van der Waals surface area contributed by atoms with E-state index in [1.54, 1.807) is 21.7 Å². The summed E-state index contributed by atoms with van der Waals surface area (Å²) >= 11 is 0. The number of aromatic nitrogens is 3. The maximum atomic E-state index is 13.9. The minimum Gasteiger partial charge on any atom is -0.383 e. The van der Waals surface area contributed by atoms with E-state index >= 15 is 0 Å². The van der Waals surface area contributed by atoms with Crippen LogP contribution in [0.25, 0.3) is 11.3 Å². The number of ether oxygens (including phenoxy) is 1. The zero-order valence-electron chi connectivity index (χ0n) is 20.4. The molecule has 2 aliphatic heterocycles. The smallest absolute Gasteiger partial charge is 0.383 e. The van der Waals surface area contributed by atoms with Crippen molar-refractivity contribution in [1.82, 2.24) is 25.0 Å². The van der Waals surface area contributed by atoms with Crippen LogP contribution < -0.4 is 11.1 Å². The van der Waals surface area contributed by atoms with Crippen molar-refractivity contribution < 1.29 is 27.1 Å². The number of hydrogen-bond acceptors (Lipinski definition) is 5. The van der Waals surface area contributed by atoms with Gasteiger partial charge >= 0.3 is 12.2 Å². The third-order valence-electron chi connectivity index (χ3n) is 7.90. The summed E-state index contributed by atoms with van der Waals surface area (Å²) in [6, 6.07) is 8.70. The average molecular weight is 531 g/mol. The molecule has 4 heterocycles. The number of urea groups is 1. The van der Waals surface area contributed by atoms with Gasteiger partial charge in [-0.3, -0.25) is 4.68 Å². The Bertz CT molecular complexity index is 1400. The molecule has 1 aromatic carbocycles. The van der Waals surface area contributed by atoms with Gasteiger partial charge in [0.2, 0.25) is 0 Å². The first-order chi connectivity index (χ1) is 18.1. The Hall–Kier alpha value is -3.67. The lowest BCUT2D eigenvalue weighted by molar-refractivity contribution is -0.137. The van der Waals surface area contributed by atoms with Gasteiger partial charge in [-0.15, -0.1) is 0 Å². The van der Waals surface area contributed by atoms with E-state index in [1.165, 1.54) is 18.3 Å². The molecular weight excluding hydrogens is 504 g/mol. The van der Waals surface area contributed by atoms with Gasteiger partial charge in [0.25, 0.3) is 0 Å². The van der Waals surface area contributed by atoms with Crippen molar-refractivity contribution in [2.75, 3.05) is 25.4 Å². The summed E-state index contributed by atoms with van der Waals surface area (Å²) < 4.78 is 62.0. The number of hydrogen-bond donors (Lipinski definition) is 2. The maximum absolute atomic E-state index is 13.9. The first kappa shape index (κ1) is 24.7. The topological polar surface area (TPSA) is 98.3 Å². The van der Waals surface area contributed by atoms with Crippen molar-refractivity contribution in [1.29, 1.82) is 0 Å². The lowest BCUT2D eigenvalue weighted by Crippen LogP contribution is -2.55. The zero-order valence-corrected chi connectivity index (χ0v) is 20.4. The molecule has 0 unspecified atom stereocenters. The van der Waals surface area contributed by atoms with Crippen molar-refractivity contribution in [3.05, 3.63) is 65.2 Å². The number of nitrogens with one attached hydrogen (secondary N) is 1. The van der Waals surface area contributed by atoms with Gasteiger partial charge in [-0.2, -0.15) is 18.3 Å². The van der Waals surface area contributed by atoms with E-state index in [4.69, 9.17) is 10.5 Å². The van der Waals surface area contributed by atoms with Crippen LogP contribution in [0.5, 0.6) is 0 Å². The molecule has 200 valence electrons. The third-order valence-corrected chi connectivity index (χ3v) is 7.90. The van der Waals surface area contributed by atoms with E-state index in [2.05, 4.69) is 15.4 Å². The number of nitrogens with two attached hydrogens (primary N) is 1. The summed E-state index contributed by atoms with van der Waals surface area (Å²) in [4.78, 5) is 18.8. The number of nitrogens with zero attached hydrogens (tertiary/aromatic N) is 4. The Kier molecular flexibility index (Phi) is 5.64. The molecule has 1 aliphatic carbocycles. The van der Waals surface area contributed by atoms with Gasteiger partial charge in [0.15, 0.2) is 0 Å². The van der Waals surface area contributed by atoms with Crippen LogP contribution in [0.2, 0.25) is 0 Å². The Morgan fingerprint density at radius 3 is 2.66 bits per heavy atom. The van der Waals surface area contributed by atoms with Gasteiger partial charge in [-0.25, -0.2) is 14.2 Å². The van der Waals surface area contributed by atoms with E-state index in [0.29, 0.717) is 37.5 Å². The van der Waals surface area contributed by atoms with E-state index in [1.807, 2.05) is 6.07 Å². The van der Waals surface area contributed by atoms with E-state index < -0.39 is 28.7 Å². The predicted molar refractivity (Wildman–Crippen MR) is 129 cm³/mol. The summed E-state index contributed by atoms with van der Waals surface area (Å²) in [5.74, 6) is -0.938. The number of pyridine rings is 1. The number of alkyl halides is 3. The normalized spacial score (nSPS) is 22.3. The SMILES string of the molecule is Nc1ncc(-c2cc3n(n2)CCO[C@@]32CCN(C(=O)NC3(c4cccc(F)c4)CCC3)C2)cc1C(F)(F)F. The quantitative estimate of drug-likeness (QED) is 0.489. The fourth-order valence-electron chi connectivity index (χ4n) is 5.71. The molecule has 3 aliphatic rings.